The fourth-order valence-electron chi connectivity index (χ4n) is 2.45. The number of hydrogen-bond donors (Lipinski definition) is 1. The van der Waals surface area contributed by atoms with Gasteiger partial charge in [-0.25, -0.2) is 8.78 Å². The Balaban J connectivity index is 2.22. The molecule has 1 aliphatic heterocycles. The van der Waals surface area contributed by atoms with E-state index in [1.54, 1.807) is 0 Å². The van der Waals surface area contributed by atoms with Gasteiger partial charge in [0.25, 0.3) is 0 Å². The fourth-order valence-corrected chi connectivity index (χ4v) is 2.45. The van der Waals surface area contributed by atoms with Crippen LogP contribution in [0.2, 0.25) is 0 Å². The van der Waals surface area contributed by atoms with E-state index in [0.29, 0.717) is 6.54 Å². The van der Waals surface area contributed by atoms with Crippen molar-refractivity contribution in [1.82, 2.24) is 10.2 Å². The van der Waals surface area contributed by atoms with Crippen molar-refractivity contribution in [3.05, 3.63) is 35.4 Å². The zero-order valence-electron chi connectivity index (χ0n) is 11.0. The van der Waals surface area contributed by atoms with Crippen molar-refractivity contribution in [2.24, 2.45) is 0 Å². The molecule has 0 spiro atoms. The van der Waals surface area contributed by atoms with Crippen LogP contribution < -0.4 is 5.32 Å². The third-order valence-electron chi connectivity index (χ3n) is 4.00. The molecule has 2 nitrogen and oxygen atoms in total. The van der Waals surface area contributed by atoms with Crippen LogP contribution in [0.3, 0.4) is 0 Å². The number of piperazine rings is 1. The number of halogens is 2. The van der Waals surface area contributed by atoms with Gasteiger partial charge in [-0.15, -0.1) is 0 Å². The van der Waals surface area contributed by atoms with E-state index >= 15 is 0 Å². The summed E-state index contributed by atoms with van der Waals surface area (Å²) >= 11 is 0. The molecule has 0 aliphatic carbocycles. The van der Waals surface area contributed by atoms with Gasteiger partial charge in [-0.1, -0.05) is 13.0 Å². The topological polar surface area (TPSA) is 15.3 Å². The SMILES string of the molecule is CCC1(C)CNCCN1Cc1c(F)cccc1F. The van der Waals surface area contributed by atoms with Gasteiger partial charge in [0.05, 0.1) is 0 Å². The predicted molar refractivity (Wildman–Crippen MR) is 68.3 cm³/mol. The average molecular weight is 254 g/mol. The van der Waals surface area contributed by atoms with Crippen molar-refractivity contribution in [2.75, 3.05) is 19.6 Å². The predicted octanol–water partition coefficient (Wildman–Crippen LogP) is 2.54. The van der Waals surface area contributed by atoms with Gasteiger partial charge in [0.15, 0.2) is 0 Å². The standard InChI is InChI=1S/C14H20F2N2/c1-3-14(2)10-17-7-8-18(14)9-11-12(15)5-4-6-13(11)16/h4-6,17H,3,7-10H2,1-2H3. The molecule has 1 unspecified atom stereocenters. The molecule has 1 aromatic rings. The summed E-state index contributed by atoms with van der Waals surface area (Å²) in [6, 6.07) is 4.05. The zero-order chi connectivity index (χ0) is 13.2. The second-order valence-electron chi connectivity index (χ2n) is 5.15. The minimum atomic E-state index is -0.452. The van der Waals surface area contributed by atoms with Crippen molar-refractivity contribution in [3.63, 3.8) is 0 Å². The Bertz CT molecular complexity index is 402. The maximum atomic E-state index is 13.7. The van der Waals surface area contributed by atoms with Gasteiger partial charge in [0, 0.05) is 37.3 Å². The summed E-state index contributed by atoms with van der Waals surface area (Å²) in [5.74, 6) is -0.904. The molecule has 1 fully saturated rings. The molecule has 1 aromatic carbocycles. The maximum Gasteiger partial charge on any atom is 0.130 e. The van der Waals surface area contributed by atoms with Crippen LogP contribution in [0.1, 0.15) is 25.8 Å². The summed E-state index contributed by atoms with van der Waals surface area (Å²) in [7, 11) is 0. The number of nitrogens with zero attached hydrogens (tertiary/aromatic N) is 1. The normalized spacial score (nSPS) is 25.3. The molecule has 0 saturated carbocycles. The summed E-state index contributed by atoms with van der Waals surface area (Å²) in [5.41, 5.74) is 0.145. The Hall–Kier alpha value is -1.00. The van der Waals surface area contributed by atoms with Crippen LogP contribution in [-0.4, -0.2) is 30.1 Å². The maximum absolute atomic E-state index is 13.7. The average Bonchev–Trinajstić information content (AvgIpc) is 2.36. The Kier molecular flexibility index (Phi) is 3.97. The van der Waals surface area contributed by atoms with Gasteiger partial charge in [-0.2, -0.15) is 0 Å². The van der Waals surface area contributed by atoms with E-state index in [2.05, 4.69) is 24.1 Å². The quantitative estimate of drug-likeness (QED) is 0.891. The van der Waals surface area contributed by atoms with Crippen molar-refractivity contribution < 1.29 is 8.78 Å². The number of hydrogen-bond acceptors (Lipinski definition) is 2. The Morgan fingerprint density at radius 3 is 2.61 bits per heavy atom. The molecular formula is C14H20F2N2. The Morgan fingerprint density at radius 1 is 1.33 bits per heavy atom. The van der Waals surface area contributed by atoms with E-state index in [1.807, 2.05) is 0 Å². The molecule has 1 aliphatic rings. The first kappa shape index (κ1) is 13.4. The van der Waals surface area contributed by atoms with Crippen LogP contribution in [0.4, 0.5) is 8.78 Å². The molecule has 0 radical (unpaired) electrons. The highest BCUT2D eigenvalue weighted by atomic mass is 19.1. The third kappa shape index (κ3) is 2.54. The van der Waals surface area contributed by atoms with E-state index in [-0.39, 0.29) is 11.1 Å². The van der Waals surface area contributed by atoms with Crippen LogP contribution in [0.5, 0.6) is 0 Å². The number of rotatable bonds is 3. The van der Waals surface area contributed by atoms with Crippen LogP contribution in [0.25, 0.3) is 0 Å². The molecular weight excluding hydrogens is 234 g/mol. The smallest absolute Gasteiger partial charge is 0.130 e. The number of benzene rings is 1. The first-order chi connectivity index (χ1) is 8.57. The minimum absolute atomic E-state index is 0.0348. The first-order valence-electron chi connectivity index (χ1n) is 6.45. The molecule has 1 saturated heterocycles. The first-order valence-corrected chi connectivity index (χ1v) is 6.45. The summed E-state index contributed by atoms with van der Waals surface area (Å²) in [6.45, 7) is 7.13. The lowest BCUT2D eigenvalue weighted by Crippen LogP contribution is -2.58. The fraction of sp³-hybridized carbons (Fsp3) is 0.571. The molecule has 4 heteroatoms. The molecule has 1 N–H and O–H groups in total. The minimum Gasteiger partial charge on any atom is -0.314 e. The third-order valence-corrected chi connectivity index (χ3v) is 4.00. The van der Waals surface area contributed by atoms with Crippen LogP contribution in [-0.2, 0) is 6.54 Å². The van der Waals surface area contributed by atoms with Crippen molar-refractivity contribution in [3.8, 4) is 0 Å². The zero-order valence-corrected chi connectivity index (χ0v) is 11.0. The van der Waals surface area contributed by atoms with E-state index in [4.69, 9.17) is 0 Å². The lowest BCUT2D eigenvalue weighted by atomic mass is 9.93. The van der Waals surface area contributed by atoms with Gasteiger partial charge in [-0.3, -0.25) is 4.90 Å². The second kappa shape index (κ2) is 5.33. The van der Waals surface area contributed by atoms with Crippen LogP contribution in [0.15, 0.2) is 18.2 Å². The molecule has 0 aromatic heterocycles. The van der Waals surface area contributed by atoms with Gasteiger partial charge in [0.2, 0.25) is 0 Å². The number of nitrogens with one attached hydrogen (secondary N) is 1. The highest BCUT2D eigenvalue weighted by molar-refractivity contribution is 5.20. The molecule has 18 heavy (non-hydrogen) atoms. The van der Waals surface area contributed by atoms with Crippen LogP contribution >= 0.6 is 0 Å². The van der Waals surface area contributed by atoms with Gasteiger partial charge >= 0.3 is 0 Å². The summed E-state index contributed by atoms with van der Waals surface area (Å²) in [6.07, 6.45) is 0.954. The van der Waals surface area contributed by atoms with E-state index < -0.39 is 11.6 Å². The monoisotopic (exact) mass is 254 g/mol. The van der Waals surface area contributed by atoms with E-state index in [0.717, 1.165) is 26.1 Å². The van der Waals surface area contributed by atoms with Crippen molar-refractivity contribution in [1.29, 1.82) is 0 Å². The molecule has 2 rings (SSSR count). The highest BCUT2D eigenvalue weighted by Crippen LogP contribution is 2.25. The molecule has 1 atom stereocenters. The summed E-state index contributed by atoms with van der Waals surface area (Å²) < 4.78 is 27.4. The second-order valence-corrected chi connectivity index (χ2v) is 5.15. The summed E-state index contributed by atoms with van der Waals surface area (Å²) in [4.78, 5) is 2.17. The molecule has 100 valence electrons. The molecule has 0 amide bonds. The Labute approximate surface area is 107 Å². The van der Waals surface area contributed by atoms with Crippen molar-refractivity contribution in [2.45, 2.75) is 32.4 Å². The van der Waals surface area contributed by atoms with Crippen molar-refractivity contribution >= 4 is 0 Å². The van der Waals surface area contributed by atoms with E-state index in [1.165, 1.54) is 18.2 Å². The van der Waals surface area contributed by atoms with Gasteiger partial charge in [-0.05, 0) is 25.5 Å². The molecule has 1 heterocycles. The largest absolute Gasteiger partial charge is 0.314 e. The lowest BCUT2D eigenvalue weighted by Gasteiger charge is -2.45. The highest BCUT2D eigenvalue weighted by Gasteiger charge is 2.33. The van der Waals surface area contributed by atoms with Crippen LogP contribution in [0, 0.1) is 11.6 Å². The lowest BCUT2D eigenvalue weighted by molar-refractivity contribution is 0.0616. The van der Waals surface area contributed by atoms with Gasteiger partial charge < -0.3 is 5.32 Å². The Morgan fingerprint density at radius 2 is 2.00 bits per heavy atom. The van der Waals surface area contributed by atoms with E-state index in [9.17, 15) is 8.78 Å². The molecule has 0 bridgehead atoms. The van der Waals surface area contributed by atoms with Gasteiger partial charge in [0.1, 0.15) is 11.6 Å². The summed E-state index contributed by atoms with van der Waals surface area (Å²) in [5, 5.41) is 3.34.